The van der Waals surface area contributed by atoms with Crippen LogP contribution in [0.2, 0.25) is 0 Å². The van der Waals surface area contributed by atoms with E-state index in [-0.39, 0.29) is 11.6 Å². The predicted octanol–water partition coefficient (Wildman–Crippen LogP) is 1.62. The van der Waals surface area contributed by atoms with E-state index in [1.54, 1.807) is 6.07 Å². The lowest BCUT2D eigenvalue weighted by Gasteiger charge is -2.32. The number of nitrogens with zero attached hydrogens (tertiary/aromatic N) is 3. The topological polar surface area (TPSA) is 69.3 Å². The molecule has 24 heavy (non-hydrogen) atoms. The van der Waals surface area contributed by atoms with Crippen LogP contribution in [0.5, 0.6) is 0 Å². The van der Waals surface area contributed by atoms with E-state index >= 15 is 0 Å². The van der Waals surface area contributed by atoms with E-state index in [2.05, 4.69) is 14.9 Å². The summed E-state index contributed by atoms with van der Waals surface area (Å²) >= 11 is 0. The minimum atomic E-state index is -0.469. The SMILES string of the molecule is O=C(c1nc(=O)[nH]c2ccccc12)N1CC[C@@H](N2CCCCC2)C1. The van der Waals surface area contributed by atoms with Gasteiger partial charge in [0, 0.05) is 24.5 Å². The summed E-state index contributed by atoms with van der Waals surface area (Å²) in [6, 6.07) is 7.79. The third kappa shape index (κ3) is 2.82. The summed E-state index contributed by atoms with van der Waals surface area (Å²) in [6.07, 6.45) is 4.83. The number of fused-ring (bicyclic) bond motifs is 1. The Labute approximate surface area is 140 Å². The summed E-state index contributed by atoms with van der Waals surface area (Å²) in [7, 11) is 0. The standard InChI is InChI=1S/C18H22N4O2/c23-17(16-14-6-2-3-7-15(14)19-18(24)20-16)22-11-8-13(12-22)21-9-4-1-5-10-21/h2-3,6-7,13H,1,4-5,8-12H2,(H,19,20,24)/t13-/m1/s1. The first-order valence-electron chi connectivity index (χ1n) is 8.75. The first-order valence-corrected chi connectivity index (χ1v) is 8.75. The van der Waals surface area contributed by atoms with Gasteiger partial charge in [-0.3, -0.25) is 9.69 Å². The number of hydrogen-bond acceptors (Lipinski definition) is 4. The molecule has 1 N–H and O–H groups in total. The number of hydrogen-bond donors (Lipinski definition) is 1. The normalized spacial score (nSPS) is 22.2. The third-order valence-electron chi connectivity index (χ3n) is 5.20. The molecule has 0 saturated carbocycles. The number of H-pyrrole nitrogens is 1. The molecule has 0 aliphatic carbocycles. The Morgan fingerprint density at radius 1 is 1.12 bits per heavy atom. The number of rotatable bonds is 2. The molecule has 0 spiro atoms. The van der Waals surface area contributed by atoms with Gasteiger partial charge in [0.15, 0.2) is 0 Å². The maximum absolute atomic E-state index is 12.9. The molecule has 1 atom stereocenters. The second-order valence-electron chi connectivity index (χ2n) is 6.73. The Kier molecular flexibility index (Phi) is 4.06. The van der Waals surface area contributed by atoms with Crippen molar-refractivity contribution in [1.82, 2.24) is 19.8 Å². The van der Waals surface area contributed by atoms with E-state index in [0.717, 1.165) is 32.6 Å². The van der Waals surface area contributed by atoms with Gasteiger partial charge in [-0.1, -0.05) is 24.6 Å². The van der Waals surface area contributed by atoms with E-state index < -0.39 is 5.69 Å². The molecule has 2 aliphatic rings. The first kappa shape index (κ1) is 15.3. The van der Waals surface area contributed by atoms with Gasteiger partial charge in [-0.25, -0.2) is 4.79 Å². The van der Waals surface area contributed by atoms with Crippen molar-refractivity contribution in [2.75, 3.05) is 26.2 Å². The molecule has 3 heterocycles. The Bertz CT molecular complexity index is 810. The molecular formula is C18H22N4O2. The summed E-state index contributed by atoms with van der Waals surface area (Å²) < 4.78 is 0. The summed E-state index contributed by atoms with van der Waals surface area (Å²) in [5.74, 6) is -0.128. The zero-order valence-electron chi connectivity index (χ0n) is 13.7. The highest BCUT2D eigenvalue weighted by Gasteiger charge is 2.32. The minimum absolute atomic E-state index is 0.128. The number of piperidine rings is 1. The summed E-state index contributed by atoms with van der Waals surface area (Å²) in [6.45, 7) is 3.75. The van der Waals surface area contributed by atoms with Crippen molar-refractivity contribution in [3.63, 3.8) is 0 Å². The molecule has 1 aromatic carbocycles. The first-order chi connectivity index (χ1) is 11.7. The van der Waals surface area contributed by atoms with Crippen molar-refractivity contribution < 1.29 is 4.79 Å². The molecule has 0 bridgehead atoms. The minimum Gasteiger partial charge on any atom is -0.336 e. The molecule has 1 aromatic heterocycles. The fourth-order valence-electron chi connectivity index (χ4n) is 3.92. The van der Waals surface area contributed by atoms with Crippen molar-refractivity contribution in [1.29, 1.82) is 0 Å². The Morgan fingerprint density at radius 3 is 2.75 bits per heavy atom. The molecule has 2 aliphatic heterocycles. The number of likely N-dealkylation sites (tertiary alicyclic amines) is 2. The Balaban J connectivity index is 1.57. The van der Waals surface area contributed by atoms with Crippen LogP contribution in [0, 0.1) is 0 Å². The molecule has 126 valence electrons. The molecule has 4 rings (SSSR count). The maximum atomic E-state index is 12.9. The van der Waals surface area contributed by atoms with Gasteiger partial charge in [0.25, 0.3) is 5.91 Å². The summed E-state index contributed by atoms with van der Waals surface area (Å²) in [5, 5.41) is 0.712. The van der Waals surface area contributed by atoms with E-state index in [1.807, 2.05) is 23.1 Å². The highest BCUT2D eigenvalue weighted by Crippen LogP contribution is 2.22. The third-order valence-corrected chi connectivity index (χ3v) is 5.20. The van der Waals surface area contributed by atoms with Gasteiger partial charge in [-0.15, -0.1) is 0 Å². The number of aromatic amines is 1. The number of nitrogens with one attached hydrogen (secondary N) is 1. The molecule has 6 nitrogen and oxygen atoms in total. The van der Waals surface area contributed by atoms with Crippen LogP contribution in [-0.2, 0) is 0 Å². The second kappa shape index (κ2) is 6.36. The Morgan fingerprint density at radius 2 is 1.92 bits per heavy atom. The van der Waals surface area contributed by atoms with E-state index in [0.29, 0.717) is 16.9 Å². The van der Waals surface area contributed by atoms with Crippen molar-refractivity contribution in [3.8, 4) is 0 Å². The summed E-state index contributed by atoms with van der Waals surface area (Å²) in [4.78, 5) is 35.7. The molecule has 0 unspecified atom stereocenters. The van der Waals surface area contributed by atoms with Crippen molar-refractivity contribution in [2.45, 2.75) is 31.7 Å². The monoisotopic (exact) mass is 326 g/mol. The molecule has 2 saturated heterocycles. The van der Waals surface area contributed by atoms with Crippen LogP contribution in [0.3, 0.4) is 0 Å². The van der Waals surface area contributed by atoms with Crippen molar-refractivity contribution >= 4 is 16.8 Å². The lowest BCUT2D eigenvalue weighted by atomic mass is 10.1. The van der Waals surface area contributed by atoms with Gasteiger partial charge in [0.1, 0.15) is 5.69 Å². The van der Waals surface area contributed by atoms with Gasteiger partial charge in [0.2, 0.25) is 0 Å². The average Bonchev–Trinajstić information content (AvgIpc) is 3.11. The van der Waals surface area contributed by atoms with Gasteiger partial charge in [-0.2, -0.15) is 4.98 Å². The Hall–Kier alpha value is -2.21. The fourth-order valence-corrected chi connectivity index (χ4v) is 3.92. The number of aromatic nitrogens is 2. The number of carbonyl (C=O) groups is 1. The van der Waals surface area contributed by atoms with Crippen LogP contribution in [-0.4, -0.2) is 57.9 Å². The van der Waals surface area contributed by atoms with Gasteiger partial charge in [0.05, 0.1) is 5.52 Å². The molecular weight excluding hydrogens is 304 g/mol. The number of para-hydroxylation sites is 1. The van der Waals surface area contributed by atoms with Crippen molar-refractivity contribution in [2.24, 2.45) is 0 Å². The smallest absolute Gasteiger partial charge is 0.336 e. The van der Waals surface area contributed by atoms with Crippen molar-refractivity contribution in [3.05, 3.63) is 40.4 Å². The zero-order valence-corrected chi connectivity index (χ0v) is 13.7. The highest BCUT2D eigenvalue weighted by atomic mass is 16.2. The van der Waals surface area contributed by atoms with Crippen LogP contribution in [0.4, 0.5) is 0 Å². The van der Waals surface area contributed by atoms with Gasteiger partial charge < -0.3 is 9.88 Å². The van der Waals surface area contributed by atoms with Crippen LogP contribution in [0.15, 0.2) is 29.1 Å². The summed E-state index contributed by atoms with van der Waals surface area (Å²) in [5.41, 5.74) is 0.463. The highest BCUT2D eigenvalue weighted by molar-refractivity contribution is 6.04. The number of carbonyl (C=O) groups excluding carboxylic acids is 1. The average molecular weight is 326 g/mol. The van der Waals surface area contributed by atoms with Crippen LogP contribution < -0.4 is 5.69 Å². The zero-order chi connectivity index (χ0) is 16.5. The molecule has 0 radical (unpaired) electrons. The van der Waals surface area contributed by atoms with Gasteiger partial charge >= 0.3 is 5.69 Å². The molecule has 2 fully saturated rings. The van der Waals surface area contributed by atoms with Gasteiger partial charge in [-0.05, 0) is 38.4 Å². The largest absolute Gasteiger partial charge is 0.346 e. The molecule has 6 heteroatoms. The van der Waals surface area contributed by atoms with E-state index in [9.17, 15) is 9.59 Å². The van der Waals surface area contributed by atoms with Crippen LogP contribution in [0.25, 0.3) is 10.9 Å². The number of amides is 1. The molecule has 1 amide bonds. The van der Waals surface area contributed by atoms with Crippen LogP contribution in [0.1, 0.15) is 36.2 Å². The van der Waals surface area contributed by atoms with E-state index in [1.165, 1.54) is 19.3 Å². The number of benzene rings is 1. The van der Waals surface area contributed by atoms with E-state index in [4.69, 9.17) is 0 Å². The van der Waals surface area contributed by atoms with Crippen LogP contribution >= 0.6 is 0 Å². The lowest BCUT2D eigenvalue weighted by Crippen LogP contribution is -2.41. The lowest BCUT2D eigenvalue weighted by molar-refractivity contribution is 0.0767. The predicted molar refractivity (Wildman–Crippen MR) is 92.1 cm³/mol. The maximum Gasteiger partial charge on any atom is 0.346 e. The quantitative estimate of drug-likeness (QED) is 0.910. The molecule has 2 aromatic rings. The fraction of sp³-hybridized carbons (Fsp3) is 0.500. The second-order valence-corrected chi connectivity index (χ2v) is 6.73.